The molecule has 9 heteroatoms. The number of methoxy groups -OCH3 is 1. The molecule has 208 valence electrons. The zero-order chi connectivity index (χ0) is 27.2. The maximum atomic E-state index is 11.6. The molecule has 2 aromatic rings. The molecule has 2 aliphatic heterocycles. The summed E-state index contributed by atoms with van der Waals surface area (Å²) in [5.41, 5.74) is 1.93. The minimum Gasteiger partial charge on any atom is -0.490 e. The molecule has 2 aliphatic rings. The molecular weight excluding hydrogens is 506 g/mol. The van der Waals surface area contributed by atoms with Gasteiger partial charge in [0.05, 0.1) is 36.5 Å². The number of nitrogens with zero attached hydrogens (tertiary/aromatic N) is 3. The minimum absolute atomic E-state index is 0.0294. The van der Waals surface area contributed by atoms with E-state index < -0.39 is 5.97 Å². The Hall–Kier alpha value is -2.71. The lowest BCUT2D eigenvalue weighted by Gasteiger charge is -2.38. The van der Waals surface area contributed by atoms with Crippen LogP contribution in [-0.2, 0) is 9.53 Å². The van der Waals surface area contributed by atoms with E-state index in [-0.39, 0.29) is 30.6 Å². The number of benzene rings is 1. The summed E-state index contributed by atoms with van der Waals surface area (Å²) in [7, 11) is 1.60. The number of rotatable bonds is 11. The number of aliphatic carboxylic acids is 1. The number of carboxylic acid groups (broad SMARTS) is 1. The van der Waals surface area contributed by atoms with Crippen LogP contribution in [0.4, 0.5) is 11.4 Å². The number of piperidine rings is 1. The molecule has 0 bridgehead atoms. The third kappa shape index (κ3) is 6.64. The molecule has 2 fully saturated rings. The number of hydrogen-bond acceptors (Lipinski definition) is 7. The molecule has 1 aromatic heterocycles. The van der Waals surface area contributed by atoms with Gasteiger partial charge in [0.15, 0.2) is 0 Å². The van der Waals surface area contributed by atoms with Gasteiger partial charge in [-0.1, -0.05) is 38.8 Å². The largest absolute Gasteiger partial charge is 0.490 e. The molecule has 4 rings (SSSR count). The number of hydrogen-bond donors (Lipinski definition) is 1. The van der Waals surface area contributed by atoms with E-state index in [9.17, 15) is 9.90 Å². The summed E-state index contributed by atoms with van der Waals surface area (Å²) >= 11 is 6.42. The number of aromatic nitrogens is 1. The monoisotopic (exact) mass is 545 g/mol. The van der Waals surface area contributed by atoms with Crippen molar-refractivity contribution < 1.29 is 24.1 Å². The average Bonchev–Trinajstić information content (AvgIpc) is 3.20. The van der Waals surface area contributed by atoms with Crippen molar-refractivity contribution >= 4 is 28.9 Å². The van der Waals surface area contributed by atoms with Crippen LogP contribution in [0.25, 0.3) is 0 Å². The molecular formula is C29H40ClN3O5. The molecule has 0 spiro atoms. The first-order valence-electron chi connectivity index (χ1n) is 13.6. The Balaban J connectivity index is 1.39. The predicted molar refractivity (Wildman–Crippen MR) is 150 cm³/mol. The van der Waals surface area contributed by atoms with Crippen LogP contribution in [0.3, 0.4) is 0 Å². The first-order valence-corrected chi connectivity index (χ1v) is 14.0. The number of unbranched alkanes of at least 4 members (excludes halogenated alkanes) is 1. The zero-order valence-electron chi connectivity index (χ0n) is 22.8. The highest BCUT2D eigenvalue weighted by molar-refractivity contribution is 6.33. The number of carboxylic acids is 1. The summed E-state index contributed by atoms with van der Waals surface area (Å²) in [4.78, 5) is 20.2. The van der Waals surface area contributed by atoms with E-state index in [0.717, 1.165) is 49.5 Å². The highest BCUT2D eigenvalue weighted by Gasteiger charge is 2.41. The van der Waals surface area contributed by atoms with Crippen molar-refractivity contribution in [1.82, 2.24) is 4.98 Å². The van der Waals surface area contributed by atoms with Gasteiger partial charge in [0.1, 0.15) is 11.9 Å². The van der Waals surface area contributed by atoms with Crippen LogP contribution in [0, 0.1) is 11.8 Å². The van der Waals surface area contributed by atoms with Crippen molar-refractivity contribution in [2.75, 3.05) is 43.2 Å². The lowest BCUT2D eigenvalue weighted by Crippen LogP contribution is -2.44. The van der Waals surface area contributed by atoms with Crippen molar-refractivity contribution in [3.8, 4) is 11.6 Å². The molecule has 0 amide bonds. The average molecular weight is 546 g/mol. The van der Waals surface area contributed by atoms with E-state index in [1.165, 1.54) is 0 Å². The molecule has 1 aromatic carbocycles. The van der Waals surface area contributed by atoms with Crippen LogP contribution in [0.15, 0.2) is 36.5 Å². The number of halogens is 1. The summed E-state index contributed by atoms with van der Waals surface area (Å²) in [6.07, 6.45) is 4.80. The second-order valence-corrected chi connectivity index (χ2v) is 10.9. The van der Waals surface area contributed by atoms with Crippen LogP contribution >= 0.6 is 11.6 Å². The predicted octanol–water partition coefficient (Wildman–Crippen LogP) is 5.52. The number of anilines is 2. The highest BCUT2D eigenvalue weighted by atomic mass is 35.5. The molecule has 0 aliphatic carbocycles. The number of ether oxygens (including phenoxy) is 3. The maximum Gasteiger partial charge on any atom is 0.305 e. The zero-order valence-corrected chi connectivity index (χ0v) is 23.6. The van der Waals surface area contributed by atoms with Crippen molar-refractivity contribution in [3.05, 3.63) is 41.6 Å². The van der Waals surface area contributed by atoms with Crippen LogP contribution in [0.5, 0.6) is 11.6 Å². The van der Waals surface area contributed by atoms with Crippen molar-refractivity contribution in [2.45, 2.75) is 64.7 Å². The molecule has 5 atom stereocenters. The quantitative estimate of drug-likeness (QED) is 0.369. The van der Waals surface area contributed by atoms with Crippen molar-refractivity contribution in [3.63, 3.8) is 0 Å². The van der Waals surface area contributed by atoms with Crippen molar-refractivity contribution in [1.29, 1.82) is 0 Å². The van der Waals surface area contributed by atoms with E-state index in [4.69, 9.17) is 25.8 Å². The van der Waals surface area contributed by atoms with Gasteiger partial charge in [0.25, 0.3) is 0 Å². The van der Waals surface area contributed by atoms with Crippen LogP contribution in [0.1, 0.15) is 46.5 Å². The summed E-state index contributed by atoms with van der Waals surface area (Å²) in [6, 6.07) is 9.83. The second kappa shape index (κ2) is 12.9. The number of pyridine rings is 1. The standard InChI is InChI=1S/C29H40ClN3O5/c1-5-6-13-37-27-18-33(24(20(27)3)15-29(34)35)21-7-9-22(10-8-21)38-26-11-12-32(17-19(26)2)25-14-28(36-4)31-16-23(25)30/h7-10,14,16,19-20,24,26-27H,5-6,11-13,15,17-18H2,1-4H3,(H,34,35)/t19-,20+,24+,26-,27+/m1/s1. The maximum absolute atomic E-state index is 11.6. The third-order valence-corrected chi connectivity index (χ3v) is 8.12. The Bertz CT molecular complexity index is 1070. The lowest BCUT2D eigenvalue weighted by molar-refractivity contribution is -0.137. The third-order valence-electron chi connectivity index (χ3n) is 7.83. The van der Waals surface area contributed by atoms with E-state index in [1.807, 2.05) is 30.3 Å². The fourth-order valence-corrected chi connectivity index (χ4v) is 5.78. The van der Waals surface area contributed by atoms with Gasteiger partial charge in [0.2, 0.25) is 5.88 Å². The molecule has 0 unspecified atom stereocenters. The van der Waals surface area contributed by atoms with Crippen LogP contribution < -0.4 is 19.3 Å². The topological polar surface area (TPSA) is 84.4 Å². The Labute approximate surface area is 230 Å². The first-order chi connectivity index (χ1) is 18.3. The Morgan fingerprint density at radius 2 is 1.95 bits per heavy atom. The van der Waals surface area contributed by atoms with Gasteiger partial charge in [-0.2, -0.15) is 0 Å². The van der Waals surface area contributed by atoms with Gasteiger partial charge < -0.3 is 29.1 Å². The fourth-order valence-electron chi connectivity index (χ4n) is 5.56. The molecule has 2 saturated heterocycles. The summed E-state index contributed by atoms with van der Waals surface area (Å²) in [5, 5.41) is 10.1. The van der Waals surface area contributed by atoms with Gasteiger partial charge in [0, 0.05) is 62.3 Å². The fraction of sp³-hybridized carbons (Fsp3) is 0.586. The number of carbonyl (C=O) groups is 1. The summed E-state index contributed by atoms with van der Waals surface area (Å²) in [5.74, 6) is 1.01. The Morgan fingerprint density at radius 1 is 1.18 bits per heavy atom. The minimum atomic E-state index is -0.784. The van der Waals surface area contributed by atoms with E-state index in [0.29, 0.717) is 30.0 Å². The molecule has 1 N–H and O–H groups in total. The van der Waals surface area contributed by atoms with Gasteiger partial charge in [-0.05, 0) is 30.7 Å². The smallest absolute Gasteiger partial charge is 0.305 e. The van der Waals surface area contributed by atoms with Gasteiger partial charge in [-0.25, -0.2) is 4.98 Å². The molecule has 0 radical (unpaired) electrons. The van der Waals surface area contributed by atoms with Crippen LogP contribution in [0.2, 0.25) is 5.02 Å². The van der Waals surface area contributed by atoms with Crippen LogP contribution in [-0.4, -0.2) is 67.7 Å². The SMILES string of the molecule is CCCCO[C@H]1CN(c2ccc(O[C@@H]3CCN(c4cc(OC)ncc4Cl)C[C@H]3C)cc2)[C@@H](CC(=O)O)[C@@H]1C. The van der Waals surface area contributed by atoms with E-state index >= 15 is 0 Å². The molecule has 38 heavy (non-hydrogen) atoms. The lowest BCUT2D eigenvalue weighted by atomic mass is 9.96. The van der Waals surface area contributed by atoms with E-state index in [2.05, 4.69) is 35.6 Å². The van der Waals surface area contributed by atoms with Gasteiger partial charge in [-0.15, -0.1) is 0 Å². The molecule has 0 saturated carbocycles. The van der Waals surface area contributed by atoms with Gasteiger partial charge in [-0.3, -0.25) is 4.79 Å². The second-order valence-electron chi connectivity index (χ2n) is 10.5. The summed E-state index contributed by atoms with van der Waals surface area (Å²) in [6.45, 7) is 9.48. The van der Waals surface area contributed by atoms with Crippen molar-refractivity contribution in [2.24, 2.45) is 11.8 Å². The Morgan fingerprint density at radius 3 is 2.61 bits per heavy atom. The summed E-state index contributed by atoms with van der Waals surface area (Å²) < 4.78 is 17.8. The normalized spacial score (nSPS) is 25.4. The molecule has 3 heterocycles. The highest BCUT2D eigenvalue weighted by Crippen LogP contribution is 2.36. The van der Waals surface area contributed by atoms with Gasteiger partial charge >= 0.3 is 5.97 Å². The Kier molecular flexibility index (Phi) is 9.60. The first kappa shape index (κ1) is 28.3. The van der Waals surface area contributed by atoms with E-state index in [1.54, 1.807) is 13.3 Å². The molecule has 8 nitrogen and oxygen atoms in total.